The lowest BCUT2D eigenvalue weighted by Crippen LogP contribution is -2.14. The molecule has 1 aliphatic carbocycles. The summed E-state index contributed by atoms with van der Waals surface area (Å²) < 4.78 is 5.12. The van der Waals surface area contributed by atoms with Crippen LogP contribution in [-0.2, 0) is 17.6 Å². The number of nitriles is 1. The van der Waals surface area contributed by atoms with Gasteiger partial charge in [-0.25, -0.2) is 10.5 Å². The molecule has 164 valence electrons. The summed E-state index contributed by atoms with van der Waals surface area (Å²) in [5.41, 5.74) is 4.82. The number of carbonyl (C=O) groups is 1. The van der Waals surface area contributed by atoms with Crippen LogP contribution < -0.4 is 15.5 Å². The minimum Gasteiger partial charge on any atom is -0.507 e. The first-order valence-corrected chi connectivity index (χ1v) is 11.4. The average Bonchev–Trinajstić information content (AvgIpc) is 3.50. The zero-order chi connectivity index (χ0) is 22.5. The van der Waals surface area contributed by atoms with Crippen LogP contribution in [0.3, 0.4) is 0 Å². The van der Waals surface area contributed by atoms with Crippen LogP contribution in [0.1, 0.15) is 28.0 Å². The van der Waals surface area contributed by atoms with Crippen LogP contribution in [0.5, 0.6) is 11.5 Å². The van der Waals surface area contributed by atoms with E-state index in [1.165, 1.54) is 35.6 Å². The minimum absolute atomic E-state index is 0.0618. The van der Waals surface area contributed by atoms with E-state index < -0.39 is 0 Å². The molecule has 0 fully saturated rings. The zero-order valence-electron chi connectivity index (χ0n) is 17.0. The summed E-state index contributed by atoms with van der Waals surface area (Å²) in [6.07, 6.45) is 4.34. The monoisotopic (exact) mass is 469 g/mol. The number of fused-ring (bicyclic) bond motifs is 1. The Hall–Kier alpha value is -3.56. The number of aromatic amines is 1. The van der Waals surface area contributed by atoms with Crippen LogP contribution in [0.4, 0.5) is 10.9 Å². The number of benzene rings is 1. The Kier molecular flexibility index (Phi) is 6.58. The summed E-state index contributed by atoms with van der Waals surface area (Å²) in [7, 11) is 1.54. The lowest BCUT2D eigenvalue weighted by molar-refractivity contribution is -0.113. The molecule has 0 aliphatic heterocycles. The Morgan fingerprint density at radius 1 is 1.50 bits per heavy atom. The van der Waals surface area contributed by atoms with Crippen molar-refractivity contribution in [2.45, 2.75) is 24.4 Å². The van der Waals surface area contributed by atoms with E-state index in [1.807, 2.05) is 0 Å². The summed E-state index contributed by atoms with van der Waals surface area (Å²) in [4.78, 5) is 17.7. The van der Waals surface area contributed by atoms with Gasteiger partial charge in [-0.05, 0) is 43.0 Å². The number of anilines is 2. The molecule has 0 bridgehead atoms. The zero-order valence-corrected chi connectivity index (χ0v) is 18.6. The molecule has 1 aliphatic rings. The number of phenolic OH excluding ortho intramolecular Hbond substituents is 1. The number of nitrogens with zero attached hydrogens (tertiary/aromatic N) is 4. The van der Waals surface area contributed by atoms with E-state index in [9.17, 15) is 15.2 Å². The molecule has 0 spiro atoms. The molecule has 10 nitrogen and oxygen atoms in total. The highest BCUT2D eigenvalue weighted by molar-refractivity contribution is 7.99. The second-order valence-corrected chi connectivity index (χ2v) is 8.82. The largest absolute Gasteiger partial charge is 0.507 e. The summed E-state index contributed by atoms with van der Waals surface area (Å²) in [5, 5.41) is 33.8. The first kappa shape index (κ1) is 21.7. The molecular formula is C20H19N7O3S2. The van der Waals surface area contributed by atoms with Crippen molar-refractivity contribution < 1.29 is 14.6 Å². The van der Waals surface area contributed by atoms with Crippen molar-refractivity contribution in [3.63, 3.8) is 0 Å². The number of rotatable bonds is 8. The normalized spacial score (nSPS) is 12.5. The standard InChI is InChI=1S/C20H19N7O3S2/c1-30-12-5-6-15(28)11(7-12)9-22-25-19-24-20(27-26-19)31-10-17(29)23-18-14(8-21)13-3-2-4-16(13)32-18/h5-7,9,28H,2-4,10H2,1H3,(H,23,29)(H2,24,25,26,27)/b22-9+. The van der Waals surface area contributed by atoms with Gasteiger partial charge < -0.3 is 15.2 Å². The number of aromatic nitrogens is 3. The Labute approximate surface area is 191 Å². The van der Waals surface area contributed by atoms with Crippen molar-refractivity contribution in [2.75, 3.05) is 23.6 Å². The molecule has 1 aromatic carbocycles. The van der Waals surface area contributed by atoms with E-state index in [0.717, 1.165) is 36.6 Å². The van der Waals surface area contributed by atoms with Gasteiger partial charge in [0.05, 0.1) is 24.6 Å². The van der Waals surface area contributed by atoms with Crippen LogP contribution in [0, 0.1) is 11.3 Å². The number of H-pyrrole nitrogens is 1. The number of aryl methyl sites for hydroxylation is 1. The molecule has 4 N–H and O–H groups in total. The van der Waals surface area contributed by atoms with Gasteiger partial charge in [0.15, 0.2) is 0 Å². The topological polar surface area (TPSA) is 148 Å². The Bertz CT molecular complexity index is 1210. The van der Waals surface area contributed by atoms with Crippen molar-refractivity contribution in [1.82, 2.24) is 15.2 Å². The highest BCUT2D eigenvalue weighted by atomic mass is 32.2. The summed E-state index contributed by atoms with van der Waals surface area (Å²) in [6.45, 7) is 0. The van der Waals surface area contributed by atoms with Crippen LogP contribution >= 0.6 is 23.1 Å². The lowest BCUT2D eigenvalue weighted by Gasteiger charge is -2.03. The molecule has 0 saturated heterocycles. The van der Waals surface area contributed by atoms with E-state index >= 15 is 0 Å². The number of amides is 1. The first-order chi connectivity index (χ1) is 15.6. The van der Waals surface area contributed by atoms with Gasteiger partial charge in [-0.1, -0.05) is 11.8 Å². The Morgan fingerprint density at radius 3 is 3.19 bits per heavy atom. The molecule has 4 rings (SSSR count). The first-order valence-electron chi connectivity index (χ1n) is 9.63. The molecule has 0 radical (unpaired) electrons. The van der Waals surface area contributed by atoms with Gasteiger partial charge in [0.2, 0.25) is 17.0 Å². The number of hydrogen-bond acceptors (Lipinski definition) is 10. The van der Waals surface area contributed by atoms with Gasteiger partial charge in [-0.2, -0.15) is 15.3 Å². The van der Waals surface area contributed by atoms with Crippen LogP contribution in [0.2, 0.25) is 0 Å². The van der Waals surface area contributed by atoms with Gasteiger partial charge in [-0.15, -0.1) is 16.4 Å². The predicted octanol–water partition coefficient (Wildman–Crippen LogP) is 3.12. The summed E-state index contributed by atoms with van der Waals surface area (Å²) in [5.74, 6) is 0.818. The fourth-order valence-corrected chi connectivity index (χ4v) is 5.04. The molecular weight excluding hydrogens is 450 g/mol. The van der Waals surface area contributed by atoms with E-state index in [0.29, 0.717) is 27.0 Å². The third-order valence-corrected chi connectivity index (χ3v) is 6.75. The third kappa shape index (κ3) is 4.84. The van der Waals surface area contributed by atoms with Gasteiger partial charge in [0.1, 0.15) is 22.6 Å². The molecule has 0 saturated carbocycles. The Balaban J connectivity index is 1.29. The Morgan fingerprint density at radius 2 is 2.38 bits per heavy atom. The quantitative estimate of drug-likeness (QED) is 0.223. The van der Waals surface area contributed by atoms with Crippen molar-refractivity contribution in [3.8, 4) is 17.6 Å². The fraction of sp³-hybridized carbons (Fsp3) is 0.250. The van der Waals surface area contributed by atoms with Crippen LogP contribution in [0.15, 0.2) is 28.5 Å². The van der Waals surface area contributed by atoms with Gasteiger partial charge >= 0.3 is 0 Å². The molecule has 1 amide bonds. The smallest absolute Gasteiger partial charge is 0.240 e. The highest BCUT2D eigenvalue weighted by Gasteiger charge is 2.23. The summed E-state index contributed by atoms with van der Waals surface area (Å²) >= 11 is 2.64. The number of ether oxygens (including phenoxy) is 1. The number of hydrogen-bond donors (Lipinski definition) is 4. The number of aromatic hydroxyl groups is 1. The maximum absolute atomic E-state index is 12.3. The second-order valence-electron chi connectivity index (χ2n) is 6.77. The maximum Gasteiger partial charge on any atom is 0.240 e. The molecule has 2 aromatic heterocycles. The van der Waals surface area contributed by atoms with Gasteiger partial charge in [0.25, 0.3) is 0 Å². The fourth-order valence-electron chi connectivity index (χ4n) is 3.19. The van der Waals surface area contributed by atoms with Crippen LogP contribution in [0.25, 0.3) is 0 Å². The van der Waals surface area contributed by atoms with Crippen LogP contribution in [-0.4, -0.2) is 45.3 Å². The molecule has 32 heavy (non-hydrogen) atoms. The second kappa shape index (κ2) is 9.71. The number of methoxy groups -OCH3 is 1. The molecule has 2 heterocycles. The number of thiophene rings is 1. The third-order valence-electron chi connectivity index (χ3n) is 4.69. The molecule has 12 heteroatoms. The van der Waals surface area contributed by atoms with Crippen molar-refractivity contribution in [1.29, 1.82) is 5.26 Å². The van der Waals surface area contributed by atoms with Crippen molar-refractivity contribution in [2.24, 2.45) is 5.10 Å². The van der Waals surface area contributed by atoms with E-state index in [1.54, 1.807) is 12.1 Å². The maximum atomic E-state index is 12.3. The molecule has 0 atom stereocenters. The van der Waals surface area contributed by atoms with E-state index in [2.05, 4.69) is 37.1 Å². The number of hydrazone groups is 1. The highest BCUT2D eigenvalue weighted by Crippen LogP contribution is 2.38. The number of carbonyl (C=O) groups excluding carboxylic acids is 1. The SMILES string of the molecule is COc1ccc(O)c(/C=N/Nc2nc(SCC(=O)Nc3sc4c(c3C#N)CCC4)n[nH]2)c1. The van der Waals surface area contributed by atoms with E-state index in [-0.39, 0.29) is 23.4 Å². The number of nitrogens with one attached hydrogen (secondary N) is 3. The van der Waals surface area contributed by atoms with Gasteiger partial charge in [-0.3, -0.25) is 4.79 Å². The van der Waals surface area contributed by atoms with Crippen molar-refractivity contribution >= 4 is 46.2 Å². The van der Waals surface area contributed by atoms with Crippen molar-refractivity contribution in [3.05, 3.63) is 39.8 Å². The summed E-state index contributed by atoms with van der Waals surface area (Å²) in [6, 6.07) is 7.01. The minimum atomic E-state index is -0.225. The lowest BCUT2D eigenvalue weighted by atomic mass is 10.1. The molecule has 0 unspecified atom stereocenters. The number of phenols is 1. The van der Waals surface area contributed by atoms with Gasteiger partial charge in [0, 0.05) is 10.4 Å². The molecule has 3 aromatic rings. The van der Waals surface area contributed by atoms with E-state index in [4.69, 9.17) is 4.74 Å². The predicted molar refractivity (Wildman–Crippen MR) is 123 cm³/mol. The average molecular weight is 470 g/mol. The number of thioether (sulfide) groups is 1.